The molecule has 2 aliphatic rings. The minimum atomic E-state index is -0.554. The van der Waals surface area contributed by atoms with Crippen LogP contribution in [0.5, 0.6) is 0 Å². The van der Waals surface area contributed by atoms with E-state index in [1.165, 1.54) is 11.2 Å². The zero-order valence-electron chi connectivity index (χ0n) is 14.4. The van der Waals surface area contributed by atoms with E-state index in [1.807, 2.05) is 12.2 Å². The van der Waals surface area contributed by atoms with Crippen molar-refractivity contribution in [2.75, 3.05) is 6.54 Å². The van der Waals surface area contributed by atoms with Gasteiger partial charge in [0.1, 0.15) is 0 Å². The van der Waals surface area contributed by atoms with E-state index in [2.05, 4.69) is 10.2 Å². The van der Waals surface area contributed by atoms with Gasteiger partial charge in [0.25, 0.3) is 11.8 Å². The second-order valence-electron chi connectivity index (χ2n) is 6.37. The molecule has 0 N–H and O–H groups in total. The molecule has 3 heterocycles. The van der Waals surface area contributed by atoms with Crippen molar-refractivity contribution >= 4 is 17.8 Å². The zero-order chi connectivity index (χ0) is 18.8. The van der Waals surface area contributed by atoms with Crippen molar-refractivity contribution < 1.29 is 28.0 Å². The summed E-state index contributed by atoms with van der Waals surface area (Å²) in [5.74, 6) is -0.822. The molecule has 4 rings (SSSR count). The largest absolute Gasteiger partial charge is 0.459 e. The van der Waals surface area contributed by atoms with Crippen molar-refractivity contribution in [3.05, 3.63) is 36.4 Å². The second kappa shape index (κ2) is 7.18. The van der Waals surface area contributed by atoms with Crippen LogP contribution in [0.1, 0.15) is 25.2 Å². The first-order valence-corrected chi connectivity index (χ1v) is 8.65. The number of nitrogens with zero attached hydrogens (tertiary/aromatic N) is 3. The zero-order valence-corrected chi connectivity index (χ0v) is 14.4. The second-order valence-corrected chi connectivity index (χ2v) is 6.37. The molecule has 0 aromatic carbocycles. The molecule has 2 amide bonds. The van der Waals surface area contributed by atoms with Gasteiger partial charge in [-0.15, -0.1) is 10.2 Å². The summed E-state index contributed by atoms with van der Waals surface area (Å²) in [5, 5.41) is 7.58. The number of carbonyl (C=O) groups excluding carboxylic acids is 3. The summed E-state index contributed by atoms with van der Waals surface area (Å²) in [6, 6.07) is 3.35. The average molecular weight is 371 g/mol. The number of hydrogen-bond acceptors (Lipinski definition) is 8. The van der Waals surface area contributed by atoms with E-state index in [1.54, 1.807) is 12.1 Å². The number of allylic oxidation sites excluding steroid dienone is 2. The molecule has 27 heavy (non-hydrogen) atoms. The lowest BCUT2D eigenvalue weighted by molar-refractivity contribution is -0.147. The molecule has 0 bridgehead atoms. The van der Waals surface area contributed by atoms with Gasteiger partial charge in [-0.1, -0.05) is 12.2 Å². The summed E-state index contributed by atoms with van der Waals surface area (Å²) in [4.78, 5) is 37.8. The van der Waals surface area contributed by atoms with Crippen LogP contribution < -0.4 is 0 Å². The number of amides is 2. The minimum Gasteiger partial charge on any atom is -0.459 e. The van der Waals surface area contributed by atoms with Gasteiger partial charge in [0, 0.05) is 6.54 Å². The highest BCUT2D eigenvalue weighted by molar-refractivity contribution is 6.05. The molecule has 1 saturated heterocycles. The Morgan fingerprint density at radius 1 is 1.19 bits per heavy atom. The summed E-state index contributed by atoms with van der Waals surface area (Å²) in [6.07, 6.45) is 6.39. The first kappa shape index (κ1) is 17.2. The Balaban J connectivity index is 1.27. The van der Waals surface area contributed by atoms with Gasteiger partial charge in [-0.25, -0.2) is 0 Å². The summed E-state index contributed by atoms with van der Waals surface area (Å²) < 4.78 is 15.6. The summed E-state index contributed by atoms with van der Waals surface area (Å²) in [7, 11) is 0. The first-order valence-electron chi connectivity index (χ1n) is 8.65. The van der Waals surface area contributed by atoms with Crippen LogP contribution in [-0.4, -0.2) is 39.4 Å². The molecule has 2 aromatic heterocycles. The van der Waals surface area contributed by atoms with E-state index >= 15 is 0 Å². The predicted molar refractivity (Wildman–Crippen MR) is 88.5 cm³/mol. The van der Waals surface area contributed by atoms with Gasteiger partial charge in [-0.2, -0.15) is 0 Å². The lowest BCUT2D eigenvalue weighted by Gasteiger charge is -2.14. The van der Waals surface area contributed by atoms with Gasteiger partial charge in [-0.05, 0) is 25.0 Å². The average Bonchev–Trinajstić information content (AvgIpc) is 3.41. The van der Waals surface area contributed by atoms with Crippen molar-refractivity contribution in [3.63, 3.8) is 0 Å². The van der Waals surface area contributed by atoms with E-state index in [-0.39, 0.29) is 55.0 Å². The highest BCUT2D eigenvalue weighted by Crippen LogP contribution is 2.35. The van der Waals surface area contributed by atoms with Crippen LogP contribution in [0.15, 0.2) is 39.4 Å². The molecule has 1 aliphatic carbocycles. The number of aromatic nitrogens is 2. The Morgan fingerprint density at radius 2 is 1.93 bits per heavy atom. The van der Waals surface area contributed by atoms with Crippen molar-refractivity contribution in [2.45, 2.75) is 25.9 Å². The number of rotatable bonds is 6. The van der Waals surface area contributed by atoms with Gasteiger partial charge in [0.15, 0.2) is 12.4 Å². The number of furan rings is 1. The number of likely N-dealkylation sites (tertiary alicyclic amines) is 1. The molecule has 140 valence electrons. The fourth-order valence-corrected chi connectivity index (χ4v) is 3.32. The predicted octanol–water partition coefficient (Wildman–Crippen LogP) is 1.71. The SMILES string of the molecule is O=C(CCN1C(=O)[C@H]2CC=CC[C@H]2C1=O)OCc1nnc(-c2ccco2)o1. The van der Waals surface area contributed by atoms with Crippen molar-refractivity contribution in [1.82, 2.24) is 15.1 Å². The Hall–Kier alpha value is -3.23. The Kier molecular flexibility index (Phi) is 4.57. The Morgan fingerprint density at radius 3 is 2.59 bits per heavy atom. The molecular formula is C18H17N3O6. The van der Waals surface area contributed by atoms with Crippen LogP contribution in [0, 0.1) is 11.8 Å². The van der Waals surface area contributed by atoms with Gasteiger partial charge >= 0.3 is 5.97 Å². The fraction of sp³-hybridized carbons (Fsp3) is 0.389. The molecule has 1 aliphatic heterocycles. The molecule has 1 fully saturated rings. The van der Waals surface area contributed by atoms with E-state index in [9.17, 15) is 14.4 Å². The maximum absolute atomic E-state index is 12.3. The minimum absolute atomic E-state index is 0.0188. The van der Waals surface area contributed by atoms with Crippen LogP contribution in [-0.2, 0) is 25.7 Å². The topological polar surface area (TPSA) is 116 Å². The van der Waals surface area contributed by atoms with Crippen molar-refractivity contribution in [1.29, 1.82) is 0 Å². The van der Waals surface area contributed by atoms with Crippen LogP contribution in [0.2, 0.25) is 0 Å². The Bertz CT molecular complexity index is 859. The standard InChI is InChI=1S/C18H17N3O6/c22-15(26-10-14-19-20-16(27-14)13-6-3-9-25-13)7-8-21-17(23)11-4-1-2-5-12(11)18(21)24/h1-3,6,9,11-12H,4-5,7-8,10H2/t11-,12+. The van der Waals surface area contributed by atoms with Crippen molar-refractivity contribution in [2.24, 2.45) is 11.8 Å². The highest BCUT2D eigenvalue weighted by Gasteiger charge is 2.46. The van der Waals surface area contributed by atoms with E-state index in [4.69, 9.17) is 13.6 Å². The first-order chi connectivity index (χ1) is 13.1. The highest BCUT2D eigenvalue weighted by atomic mass is 16.5. The number of imide groups is 1. The number of hydrogen-bond donors (Lipinski definition) is 0. The van der Waals surface area contributed by atoms with Crippen molar-refractivity contribution in [3.8, 4) is 11.7 Å². The number of esters is 1. The molecule has 9 heteroatoms. The van der Waals surface area contributed by atoms with E-state index in [0.717, 1.165) is 0 Å². The maximum Gasteiger partial charge on any atom is 0.308 e. The van der Waals surface area contributed by atoms with E-state index in [0.29, 0.717) is 18.6 Å². The maximum atomic E-state index is 12.3. The number of ether oxygens (including phenoxy) is 1. The van der Waals surface area contributed by atoms with Crippen LogP contribution in [0.3, 0.4) is 0 Å². The number of fused-ring (bicyclic) bond motifs is 1. The molecular weight excluding hydrogens is 354 g/mol. The molecule has 0 spiro atoms. The van der Waals surface area contributed by atoms with Gasteiger partial charge in [0.2, 0.25) is 11.8 Å². The monoisotopic (exact) mass is 371 g/mol. The molecule has 0 radical (unpaired) electrons. The summed E-state index contributed by atoms with van der Waals surface area (Å²) >= 11 is 0. The quantitative estimate of drug-likeness (QED) is 0.428. The lowest BCUT2D eigenvalue weighted by atomic mass is 9.85. The van der Waals surface area contributed by atoms with Crippen LogP contribution in [0.4, 0.5) is 0 Å². The Labute approximate surface area is 154 Å². The van der Waals surface area contributed by atoms with Gasteiger partial charge < -0.3 is 13.6 Å². The molecule has 0 unspecified atom stereocenters. The molecule has 9 nitrogen and oxygen atoms in total. The normalized spacial score (nSPS) is 21.6. The lowest BCUT2D eigenvalue weighted by Crippen LogP contribution is -2.33. The van der Waals surface area contributed by atoms with Crippen LogP contribution >= 0.6 is 0 Å². The van der Waals surface area contributed by atoms with E-state index < -0.39 is 5.97 Å². The van der Waals surface area contributed by atoms with Gasteiger partial charge in [-0.3, -0.25) is 19.3 Å². The summed E-state index contributed by atoms with van der Waals surface area (Å²) in [5.41, 5.74) is 0. The smallest absolute Gasteiger partial charge is 0.308 e. The third-order valence-corrected chi connectivity index (χ3v) is 4.69. The fourth-order valence-electron chi connectivity index (χ4n) is 3.32. The number of carbonyl (C=O) groups is 3. The summed E-state index contributed by atoms with van der Waals surface area (Å²) in [6.45, 7) is -0.172. The van der Waals surface area contributed by atoms with Gasteiger partial charge in [0.05, 0.1) is 24.5 Å². The molecule has 2 aromatic rings. The molecule has 2 atom stereocenters. The molecule has 0 saturated carbocycles. The third-order valence-electron chi connectivity index (χ3n) is 4.69. The third kappa shape index (κ3) is 3.40. The van der Waals surface area contributed by atoms with Crippen LogP contribution in [0.25, 0.3) is 11.7 Å².